The average molecular weight is 855 g/mol. The van der Waals surface area contributed by atoms with Crippen molar-refractivity contribution in [1.29, 1.82) is 0 Å². The van der Waals surface area contributed by atoms with Crippen LogP contribution in [0.3, 0.4) is 0 Å². The van der Waals surface area contributed by atoms with Crippen LogP contribution in [0.1, 0.15) is 51.1 Å². The SMILES string of the molecule is CC(C)c1cc(=O)c2c(O)cc(O)cc2o1.CC(C)c1cc(=O)c2c(O)cc(OS(=O)(=O)C(F)(F)F)cc2o1.O=S(=O)(OS(=O)(=O)C(F)(F)F)C(F)(F)F. The zero-order valence-electron chi connectivity index (χ0n) is 27.0. The molecular weight excluding hydrogens is 831 g/mol. The highest BCUT2D eigenvalue weighted by Crippen LogP contribution is 2.35. The van der Waals surface area contributed by atoms with Gasteiger partial charge in [-0.05, 0) is 0 Å². The second kappa shape index (κ2) is 15.5. The number of hydrogen-bond acceptors (Lipinski definition) is 15. The maximum absolute atomic E-state index is 12.3. The second-order valence-electron chi connectivity index (χ2n) is 10.8. The number of benzene rings is 2. The highest BCUT2D eigenvalue weighted by molar-refractivity contribution is 8.00. The number of aromatic hydroxyl groups is 3. The Morgan fingerprint density at radius 3 is 1.26 bits per heavy atom. The fourth-order valence-corrected chi connectivity index (χ4v) is 5.53. The fraction of sp³-hybridized carbons (Fsp3) is 0.333. The lowest BCUT2D eigenvalue weighted by molar-refractivity contribution is -0.0586. The Labute approximate surface area is 296 Å². The Balaban J connectivity index is 0.000000290. The van der Waals surface area contributed by atoms with E-state index in [9.17, 15) is 89.7 Å². The Hall–Kier alpha value is -4.76. The fourth-order valence-electron chi connectivity index (χ4n) is 3.52. The minimum atomic E-state index is -6.85. The van der Waals surface area contributed by atoms with Gasteiger partial charge in [0.25, 0.3) is 0 Å². The number of phenolic OH excluding ortho intramolecular Hbond substituents is 3. The monoisotopic (exact) mass is 854 g/mol. The normalized spacial score (nSPS) is 13.0. The van der Waals surface area contributed by atoms with Crippen LogP contribution in [0.4, 0.5) is 39.5 Å². The second-order valence-corrected chi connectivity index (χ2v) is 15.7. The molecule has 3 N–H and O–H groups in total. The van der Waals surface area contributed by atoms with Crippen molar-refractivity contribution in [1.82, 2.24) is 0 Å². The summed E-state index contributed by atoms with van der Waals surface area (Å²) < 4.78 is 184. The van der Waals surface area contributed by atoms with E-state index in [1.165, 1.54) is 12.1 Å². The molecule has 15 nitrogen and oxygen atoms in total. The summed E-state index contributed by atoms with van der Waals surface area (Å²) >= 11 is 0. The van der Waals surface area contributed by atoms with Gasteiger partial charge in [-0.15, -0.1) is 3.63 Å². The van der Waals surface area contributed by atoms with Crippen LogP contribution in [0.25, 0.3) is 21.9 Å². The first-order chi connectivity index (χ1) is 24.1. The Bertz CT molecular complexity index is 2440. The van der Waals surface area contributed by atoms with E-state index in [4.69, 9.17) is 8.83 Å². The van der Waals surface area contributed by atoms with Crippen molar-refractivity contribution in [3.05, 3.63) is 68.4 Å². The summed E-state index contributed by atoms with van der Waals surface area (Å²) in [5.41, 5.74) is -19.1. The Morgan fingerprint density at radius 2 is 0.907 bits per heavy atom. The molecule has 0 fully saturated rings. The number of alkyl halides is 9. The summed E-state index contributed by atoms with van der Waals surface area (Å²) in [5, 5.41) is 28.4. The van der Waals surface area contributed by atoms with Gasteiger partial charge in [0, 0.05) is 48.2 Å². The Kier molecular flexibility index (Phi) is 13.1. The van der Waals surface area contributed by atoms with Crippen molar-refractivity contribution in [3.8, 4) is 23.0 Å². The lowest BCUT2D eigenvalue weighted by Crippen LogP contribution is -2.34. The molecule has 0 aliphatic carbocycles. The summed E-state index contributed by atoms with van der Waals surface area (Å²) in [6, 6.07) is 6.34. The minimum Gasteiger partial charge on any atom is -0.508 e. The zero-order chi connectivity index (χ0) is 42.2. The third kappa shape index (κ3) is 10.7. The van der Waals surface area contributed by atoms with Crippen LogP contribution < -0.4 is 15.0 Å². The van der Waals surface area contributed by atoms with E-state index >= 15 is 0 Å². The van der Waals surface area contributed by atoms with Crippen molar-refractivity contribution in [3.63, 3.8) is 0 Å². The molecule has 2 aromatic carbocycles. The van der Waals surface area contributed by atoms with E-state index in [1.807, 2.05) is 17.5 Å². The number of fused-ring (bicyclic) bond motifs is 2. The first-order valence-corrected chi connectivity index (χ1v) is 18.0. The molecule has 0 radical (unpaired) electrons. The van der Waals surface area contributed by atoms with Gasteiger partial charge in [0.15, 0.2) is 10.9 Å². The van der Waals surface area contributed by atoms with Gasteiger partial charge in [-0.2, -0.15) is 64.8 Å². The van der Waals surface area contributed by atoms with Gasteiger partial charge in [0.05, 0.1) is 0 Å². The topological polar surface area (TPSA) is 242 Å². The summed E-state index contributed by atoms with van der Waals surface area (Å²) in [6.45, 7) is 7.20. The van der Waals surface area contributed by atoms with Gasteiger partial charge in [-0.3, -0.25) is 9.59 Å². The molecular formula is C27H23F9O15S3. The molecule has 0 atom stereocenters. The molecule has 4 rings (SSSR count). The highest BCUT2D eigenvalue weighted by Gasteiger charge is 2.57. The van der Waals surface area contributed by atoms with Crippen molar-refractivity contribution < 1.29 is 96.7 Å². The van der Waals surface area contributed by atoms with Crippen molar-refractivity contribution in [2.24, 2.45) is 0 Å². The molecule has 0 amide bonds. The molecule has 4 aromatic rings. The number of rotatable bonds is 6. The predicted molar refractivity (Wildman–Crippen MR) is 165 cm³/mol. The smallest absolute Gasteiger partial charge is 0.508 e. The van der Waals surface area contributed by atoms with Crippen LogP contribution in [-0.4, -0.2) is 57.1 Å². The molecule has 0 saturated carbocycles. The van der Waals surface area contributed by atoms with Gasteiger partial charge < -0.3 is 28.3 Å². The molecule has 0 bridgehead atoms. The zero-order valence-corrected chi connectivity index (χ0v) is 29.4. The molecule has 2 aromatic heterocycles. The van der Waals surface area contributed by atoms with Crippen LogP contribution in [0, 0.1) is 0 Å². The van der Waals surface area contributed by atoms with Gasteiger partial charge in [-0.1, -0.05) is 27.7 Å². The van der Waals surface area contributed by atoms with Gasteiger partial charge >= 0.3 is 46.9 Å². The van der Waals surface area contributed by atoms with Gasteiger partial charge in [0.1, 0.15) is 56.5 Å². The summed E-state index contributed by atoms with van der Waals surface area (Å²) in [6.07, 6.45) is 0. The van der Waals surface area contributed by atoms with E-state index in [0.29, 0.717) is 11.8 Å². The maximum atomic E-state index is 12.3. The number of halogens is 9. The van der Waals surface area contributed by atoms with Crippen LogP contribution >= 0.6 is 0 Å². The molecule has 2 heterocycles. The minimum absolute atomic E-state index is 0.0709. The number of phenols is 3. The molecule has 54 heavy (non-hydrogen) atoms. The molecule has 27 heteroatoms. The molecule has 302 valence electrons. The van der Waals surface area contributed by atoms with E-state index < -0.39 is 63.8 Å². The largest absolute Gasteiger partial charge is 0.534 e. The summed E-state index contributed by atoms with van der Waals surface area (Å²) in [4.78, 5) is 23.7. The van der Waals surface area contributed by atoms with Crippen LogP contribution in [0.15, 0.2) is 54.8 Å². The third-order valence-electron chi connectivity index (χ3n) is 5.99. The van der Waals surface area contributed by atoms with E-state index in [-0.39, 0.29) is 56.5 Å². The van der Waals surface area contributed by atoms with Crippen molar-refractivity contribution >= 4 is 52.3 Å². The predicted octanol–water partition coefficient (Wildman–Crippen LogP) is 5.88. The molecule has 0 spiro atoms. The quantitative estimate of drug-likeness (QED) is 0.117. The molecule has 0 unspecified atom stereocenters. The first-order valence-electron chi connectivity index (χ1n) is 13.8. The average Bonchev–Trinajstić information content (AvgIpc) is 2.94. The van der Waals surface area contributed by atoms with Gasteiger partial charge in [0.2, 0.25) is 0 Å². The van der Waals surface area contributed by atoms with E-state index in [0.717, 1.165) is 18.2 Å². The molecule has 0 aliphatic rings. The maximum Gasteiger partial charge on any atom is 0.534 e. The summed E-state index contributed by atoms with van der Waals surface area (Å²) in [5.74, 6) is -1.36. The van der Waals surface area contributed by atoms with E-state index in [1.54, 1.807) is 13.8 Å². The van der Waals surface area contributed by atoms with Gasteiger partial charge in [-0.25, -0.2) is 0 Å². The third-order valence-corrected chi connectivity index (χ3v) is 9.54. The van der Waals surface area contributed by atoms with Crippen molar-refractivity contribution in [2.45, 2.75) is 56.1 Å². The Morgan fingerprint density at radius 1 is 0.556 bits per heavy atom. The number of hydrogen-bond donors (Lipinski definition) is 3. The highest BCUT2D eigenvalue weighted by atomic mass is 32.3. The standard InChI is InChI=1S/C13H11F3O6S.C12H12O4.C2F6O5S2/c1-6(2)10-5-9(18)12-8(17)3-7(4-11(12)21-10)22-23(19,20)13(14,15)16;1-6(2)10-5-9(15)12-8(14)3-7(13)4-11(12)16-10;3-1(4,5)14(9,10)13-15(11,12)2(6,7)8/h3-6,17H,1-2H3;3-6,13-14H,1-2H3;. The van der Waals surface area contributed by atoms with Crippen LogP contribution in [-0.2, 0) is 34.0 Å². The molecule has 0 saturated heterocycles. The lowest BCUT2D eigenvalue weighted by Gasteiger charge is -2.11. The van der Waals surface area contributed by atoms with Crippen LogP contribution in [0.2, 0.25) is 0 Å². The van der Waals surface area contributed by atoms with E-state index in [2.05, 4.69) is 4.18 Å². The lowest BCUT2D eigenvalue weighted by atomic mass is 10.1. The van der Waals surface area contributed by atoms with Crippen LogP contribution in [0.5, 0.6) is 23.0 Å². The summed E-state index contributed by atoms with van der Waals surface area (Å²) in [7, 11) is -19.6. The molecule has 0 aliphatic heterocycles. The van der Waals surface area contributed by atoms with Crippen molar-refractivity contribution in [2.75, 3.05) is 0 Å². The first kappa shape index (κ1) is 45.4.